The van der Waals surface area contributed by atoms with Gasteiger partial charge < -0.3 is 20.7 Å². The highest BCUT2D eigenvalue weighted by atomic mass is 79.9. The number of carbonyl (C=O) groups excluding carboxylic acids is 1. The van der Waals surface area contributed by atoms with E-state index < -0.39 is 5.60 Å². The minimum Gasteiger partial charge on any atom is -0.444 e. The number of carbonyl (C=O) groups is 1. The number of anilines is 2. The molecule has 22 heavy (non-hydrogen) atoms. The number of piperidine rings is 1. The number of ether oxygens (including phenoxy) is 1. The summed E-state index contributed by atoms with van der Waals surface area (Å²) in [6.45, 7) is 7.07. The molecule has 0 radical (unpaired) electrons. The van der Waals surface area contributed by atoms with Crippen molar-refractivity contribution in [2.45, 2.75) is 45.3 Å². The van der Waals surface area contributed by atoms with E-state index in [0.717, 1.165) is 29.7 Å². The highest BCUT2D eigenvalue weighted by molar-refractivity contribution is 9.10. The Kier molecular flexibility index (Phi) is 5.10. The SMILES string of the molecule is CC(C)(C)OC(=O)N[C@@H]1CCCN(c2nc(N)ncc2Br)C1. The molecule has 1 aliphatic heterocycles. The van der Waals surface area contributed by atoms with Crippen molar-refractivity contribution in [3.8, 4) is 0 Å². The van der Waals surface area contributed by atoms with Gasteiger partial charge in [-0.2, -0.15) is 4.98 Å². The van der Waals surface area contributed by atoms with Crippen LogP contribution in [0, 0.1) is 0 Å². The van der Waals surface area contributed by atoms with Gasteiger partial charge in [0.1, 0.15) is 11.4 Å². The molecular weight excluding hydrogens is 350 g/mol. The fourth-order valence-corrected chi connectivity index (χ4v) is 2.80. The second-order valence-electron chi connectivity index (χ2n) is 6.33. The van der Waals surface area contributed by atoms with Gasteiger partial charge in [0, 0.05) is 25.3 Å². The zero-order valence-electron chi connectivity index (χ0n) is 13.1. The van der Waals surface area contributed by atoms with Crippen LogP contribution in [0.2, 0.25) is 0 Å². The third kappa shape index (κ3) is 4.72. The van der Waals surface area contributed by atoms with E-state index in [2.05, 4.69) is 36.1 Å². The second-order valence-corrected chi connectivity index (χ2v) is 7.19. The molecular formula is C14H22BrN5O2. The van der Waals surface area contributed by atoms with Crippen molar-refractivity contribution in [1.82, 2.24) is 15.3 Å². The van der Waals surface area contributed by atoms with Crippen LogP contribution in [0.3, 0.4) is 0 Å². The van der Waals surface area contributed by atoms with Crippen LogP contribution in [0.25, 0.3) is 0 Å². The minimum atomic E-state index is -0.497. The Bertz CT molecular complexity index is 547. The first kappa shape index (κ1) is 16.8. The number of hydrogen-bond acceptors (Lipinski definition) is 6. The fourth-order valence-electron chi connectivity index (χ4n) is 2.35. The molecule has 0 bridgehead atoms. The molecule has 0 aliphatic carbocycles. The average Bonchev–Trinajstić information content (AvgIpc) is 2.39. The monoisotopic (exact) mass is 371 g/mol. The smallest absolute Gasteiger partial charge is 0.407 e. The zero-order valence-corrected chi connectivity index (χ0v) is 14.7. The van der Waals surface area contributed by atoms with E-state index in [0.29, 0.717) is 6.54 Å². The van der Waals surface area contributed by atoms with Crippen LogP contribution in [0.4, 0.5) is 16.6 Å². The van der Waals surface area contributed by atoms with E-state index in [1.165, 1.54) is 0 Å². The van der Waals surface area contributed by atoms with Crippen molar-refractivity contribution in [1.29, 1.82) is 0 Å². The molecule has 1 atom stereocenters. The first-order chi connectivity index (χ1) is 10.2. The summed E-state index contributed by atoms with van der Waals surface area (Å²) in [7, 11) is 0. The van der Waals surface area contributed by atoms with Crippen LogP contribution < -0.4 is 16.0 Å². The van der Waals surface area contributed by atoms with Crippen LogP contribution in [0.15, 0.2) is 10.7 Å². The third-order valence-electron chi connectivity index (χ3n) is 3.19. The highest BCUT2D eigenvalue weighted by Crippen LogP contribution is 2.26. The van der Waals surface area contributed by atoms with Crippen LogP contribution in [0.1, 0.15) is 33.6 Å². The number of nitrogens with one attached hydrogen (secondary N) is 1. The van der Waals surface area contributed by atoms with Gasteiger partial charge in [-0.05, 0) is 49.5 Å². The number of nitrogens with zero attached hydrogens (tertiary/aromatic N) is 3. The lowest BCUT2D eigenvalue weighted by Crippen LogP contribution is -2.49. The number of amides is 1. The maximum Gasteiger partial charge on any atom is 0.407 e. The average molecular weight is 372 g/mol. The number of nitrogens with two attached hydrogens (primary N) is 1. The summed E-state index contributed by atoms with van der Waals surface area (Å²) in [6.07, 6.45) is 3.12. The van der Waals surface area contributed by atoms with Gasteiger partial charge in [-0.1, -0.05) is 0 Å². The van der Waals surface area contributed by atoms with Crippen LogP contribution in [-0.4, -0.2) is 40.8 Å². The van der Waals surface area contributed by atoms with Crippen molar-refractivity contribution in [2.24, 2.45) is 0 Å². The minimum absolute atomic E-state index is 0.0201. The molecule has 3 N–H and O–H groups in total. The summed E-state index contributed by atoms with van der Waals surface area (Å²) in [4.78, 5) is 22.2. The van der Waals surface area contributed by atoms with Gasteiger partial charge in [0.15, 0.2) is 0 Å². The molecule has 0 aromatic carbocycles. The molecule has 2 rings (SSSR count). The molecule has 1 amide bonds. The van der Waals surface area contributed by atoms with Crippen LogP contribution in [-0.2, 0) is 4.74 Å². The molecule has 122 valence electrons. The summed E-state index contributed by atoms with van der Waals surface area (Å²) in [5.41, 5.74) is 5.16. The van der Waals surface area contributed by atoms with Crippen molar-refractivity contribution in [2.75, 3.05) is 23.7 Å². The number of alkyl carbamates (subject to hydrolysis) is 1. The first-order valence-electron chi connectivity index (χ1n) is 7.27. The van der Waals surface area contributed by atoms with Gasteiger partial charge in [-0.25, -0.2) is 9.78 Å². The molecule has 0 spiro atoms. The number of hydrogen-bond donors (Lipinski definition) is 2. The normalized spacial score (nSPS) is 18.9. The summed E-state index contributed by atoms with van der Waals surface area (Å²) < 4.78 is 6.09. The molecule has 8 heteroatoms. The highest BCUT2D eigenvalue weighted by Gasteiger charge is 2.26. The van der Waals surface area contributed by atoms with Crippen molar-refractivity contribution < 1.29 is 9.53 Å². The van der Waals surface area contributed by atoms with Crippen molar-refractivity contribution in [3.63, 3.8) is 0 Å². The predicted octanol–water partition coefficient (Wildman–Crippen LogP) is 2.31. The Morgan fingerprint density at radius 1 is 1.55 bits per heavy atom. The maximum atomic E-state index is 11.9. The van der Waals surface area contributed by atoms with Gasteiger partial charge in [-0.15, -0.1) is 0 Å². The van der Waals surface area contributed by atoms with E-state index in [1.807, 2.05) is 20.8 Å². The Balaban J connectivity index is 2.00. The van der Waals surface area contributed by atoms with Crippen LogP contribution >= 0.6 is 15.9 Å². The second kappa shape index (κ2) is 6.68. The van der Waals surface area contributed by atoms with Crippen molar-refractivity contribution >= 4 is 33.8 Å². The fraction of sp³-hybridized carbons (Fsp3) is 0.643. The number of halogens is 1. The van der Waals surface area contributed by atoms with E-state index in [9.17, 15) is 4.79 Å². The van der Waals surface area contributed by atoms with E-state index >= 15 is 0 Å². The molecule has 1 fully saturated rings. The van der Waals surface area contributed by atoms with Gasteiger partial charge in [-0.3, -0.25) is 0 Å². The lowest BCUT2D eigenvalue weighted by molar-refractivity contribution is 0.0500. The van der Waals surface area contributed by atoms with E-state index in [4.69, 9.17) is 10.5 Å². The Hall–Kier alpha value is -1.57. The Labute approximate surface area is 138 Å². The molecule has 2 heterocycles. The van der Waals surface area contributed by atoms with Gasteiger partial charge in [0.25, 0.3) is 0 Å². The zero-order chi connectivity index (χ0) is 16.3. The quantitative estimate of drug-likeness (QED) is 0.828. The lowest BCUT2D eigenvalue weighted by Gasteiger charge is -2.34. The predicted molar refractivity (Wildman–Crippen MR) is 88.7 cm³/mol. The summed E-state index contributed by atoms with van der Waals surface area (Å²) in [5, 5.41) is 2.92. The standard InChI is InChI=1S/C14H22BrN5O2/c1-14(2,3)22-13(21)18-9-5-4-6-20(8-9)11-10(15)7-17-12(16)19-11/h7,9H,4-6,8H2,1-3H3,(H,18,21)(H2,16,17,19)/t9-/m1/s1. The summed E-state index contributed by atoms with van der Waals surface area (Å²) >= 11 is 3.44. The van der Waals surface area contributed by atoms with Crippen molar-refractivity contribution in [3.05, 3.63) is 10.7 Å². The van der Waals surface area contributed by atoms with Crippen LogP contribution in [0.5, 0.6) is 0 Å². The van der Waals surface area contributed by atoms with E-state index in [-0.39, 0.29) is 18.1 Å². The molecule has 1 aliphatic rings. The maximum absolute atomic E-state index is 11.9. The van der Waals surface area contributed by atoms with E-state index in [1.54, 1.807) is 6.20 Å². The third-order valence-corrected chi connectivity index (χ3v) is 3.75. The largest absolute Gasteiger partial charge is 0.444 e. The summed E-state index contributed by atoms with van der Waals surface area (Å²) in [6, 6.07) is 0.0201. The molecule has 1 aromatic rings. The molecule has 1 saturated heterocycles. The molecule has 0 saturated carbocycles. The van der Waals surface area contributed by atoms with Gasteiger partial charge >= 0.3 is 6.09 Å². The lowest BCUT2D eigenvalue weighted by atomic mass is 10.1. The number of aromatic nitrogens is 2. The topological polar surface area (TPSA) is 93.4 Å². The van der Waals surface area contributed by atoms with Gasteiger partial charge in [0.05, 0.1) is 4.47 Å². The Morgan fingerprint density at radius 3 is 2.95 bits per heavy atom. The summed E-state index contributed by atoms with van der Waals surface area (Å²) in [5.74, 6) is 0.989. The number of nitrogen functional groups attached to an aromatic ring is 1. The van der Waals surface area contributed by atoms with Gasteiger partial charge in [0.2, 0.25) is 5.95 Å². The molecule has 0 unspecified atom stereocenters. The molecule has 1 aromatic heterocycles. The first-order valence-corrected chi connectivity index (χ1v) is 8.06. The molecule has 7 nitrogen and oxygen atoms in total. The Morgan fingerprint density at radius 2 is 2.27 bits per heavy atom. The number of rotatable bonds is 2.